The fraction of sp³-hybridized carbons (Fsp3) is 0.200. The molecule has 0 radical (unpaired) electrons. The largest absolute Gasteiger partial charge is 0.508 e. The molecule has 0 fully saturated rings. The zero-order valence-corrected chi connectivity index (χ0v) is 11.4. The van der Waals surface area contributed by atoms with Crippen LogP contribution in [0.4, 0.5) is 0 Å². The van der Waals surface area contributed by atoms with E-state index in [-0.39, 0.29) is 11.5 Å². The molecule has 0 aromatic heterocycles. The Bertz CT molecular complexity index is 517. The zero-order chi connectivity index (χ0) is 13.5. The van der Waals surface area contributed by atoms with E-state index in [4.69, 9.17) is 0 Å². The minimum Gasteiger partial charge on any atom is -0.508 e. The van der Waals surface area contributed by atoms with Crippen LogP contribution in [-0.4, -0.2) is 22.5 Å². The molecule has 0 spiro atoms. The van der Waals surface area contributed by atoms with Gasteiger partial charge in [0, 0.05) is 35.4 Å². The summed E-state index contributed by atoms with van der Waals surface area (Å²) in [5.74, 6) is 1.19. The van der Waals surface area contributed by atoms with E-state index in [9.17, 15) is 10.2 Å². The summed E-state index contributed by atoms with van der Waals surface area (Å²) in [6.45, 7) is 1.46. The second-order valence-electron chi connectivity index (χ2n) is 4.15. The van der Waals surface area contributed by atoms with E-state index in [1.807, 2.05) is 18.2 Å². The van der Waals surface area contributed by atoms with Crippen molar-refractivity contribution in [3.63, 3.8) is 0 Å². The van der Waals surface area contributed by atoms with Crippen molar-refractivity contribution in [2.24, 2.45) is 0 Å². The maximum absolute atomic E-state index is 9.62. The van der Waals surface area contributed by atoms with Gasteiger partial charge in [-0.3, -0.25) is 0 Å². The molecule has 0 bridgehead atoms. The quantitative estimate of drug-likeness (QED) is 0.560. The predicted octanol–water partition coefficient (Wildman–Crippen LogP) is 2.98. The van der Waals surface area contributed by atoms with Crippen molar-refractivity contribution in [3.8, 4) is 11.5 Å². The normalized spacial score (nSPS) is 10.5. The fourth-order valence-electron chi connectivity index (χ4n) is 1.68. The Kier molecular flexibility index (Phi) is 5.12. The molecular weight excluding hydrogens is 258 g/mol. The molecule has 3 nitrogen and oxygen atoms in total. The summed E-state index contributed by atoms with van der Waals surface area (Å²) in [6.07, 6.45) is 0. The van der Waals surface area contributed by atoms with Gasteiger partial charge in [0.1, 0.15) is 11.5 Å². The highest BCUT2D eigenvalue weighted by Crippen LogP contribution is 2.22. The number of hydrogen-bond donors (Lipinski definition) is 3. The molecule has 3 N–H and O–H groups in total. The average Bonchev–Trinajstić information content (AvgIpc) is 2.42. The van der Waals surface area contributed by atoms with Gasteiger partial charge < -0.3 is 15.5 Å². The monoisotopic (exact) mass is 275 g/mol. The third kappa shape index (κ3) is 4.50. The number of nitrogens with one attached hydrogen (secondary N) is 1. The number of rotatable bonds is 6. The molecule has 2 aromatic carbocycles. The number of phenolic OH excluding ortho intramolecular Hbond substituents is 2. The minimum atomic E-state index is 0.0842. The Hall–Kier alpha value is -1.65. The molecule has 0 aliphatic rings. The molecule has 2 aromatic rings. The van der Waals surface area contributed by atoms with E-state index >= 15 is 0 Å². The number of benzene rings is 2. The van der Waals surface area contributed by atoms with Crippen LogP contribution >= 0.6 is 11.8 Å². The van der Waals surface area contributed by atoms with Crippen molar-refractivity contribution in [3.05, 3.63) is 54.1 Å². The number of hydrogen-bond acceptors (Lipinski definition) is 4. The summed E-state index contributed by atoms with van der Waals surface area (Å²) >= 11 is 1.80. The maximum Gasteiger partial charge on any atom is 0.123 e. The molecule has 0 atom stereocenters. The van der Waals surface area contributed by atoms with E-state index in [0.29, 0.717) is 6.54 Å². The Balaban J connectivity index is 1.69. The van der Waals surface area contributed by atoms with Gasteiger partial charge in [0.15, 0.2) is 0 Å². The Labute approximate surface area is 117 Å². The van der Waals surface area contributed by atoms with Gasteiger partial charge in [-0.25, -0.2) is 0 Å². The first-order valence-electron chi connectivity index (χ1n) is 6.15. The van der Waals surface area contributed by atoms with Crippen LogP contribution in [0.15, 0.2) is 53.4 Å². The Morgan fingerprint density at radius 3 is 2.53 bits per heavy atom. The highest BCUT2D eigenvalue weighted by molar-refractivity contribution is 7.99. The number of phenols is 2. The second kappa shape index (κ2) is 7.07. The average molecular weight is 275 g/mol. The van der Waals surface area contributed by atoms with Crippen molar-refractivity contribution in [1.29, 1.82) is 0 Å². The van der Waals surface area contributed by atoms with E-state index < -0.39 is 0 Å². The van der Waals surface area contributed by atoms with Gasteiger partial charge in [-0.05, 0) is 18.2 Å². The first-order chi connectivity index (χ1) is 9.25. The fourth-order valence-corrected chi connectivity index (χ4v) is 2.51. The topological polar surface area (TPSA) is 52.5 Å². The van der Waals surface area contributed by atoms with Crippen LogP contribution in [0.25, 0.3) is 0 Å². The minimum absolute atomic E-state index is 0.0842. The molecule has 2 rings (SSSR count). The Morgan fingerprint density at radius 2 is 1.79 bits per heavy atom. The summed E-state index contributed by atoms with van der Waals surface area (Å²) in [4.78, 5) is 1.26. The van der Waals surface area contributed by atoms with Crippen molar-refractivity contribution in [2.75, 3.05) is 12.3 Å². The lowest BCUT2D eigenvalue weighted by Crippen LogP contribution is -2.16. The molecule has 0 aliphatic carbocycles. The molecule has 0 amide bonds. The van der Waals surface area contributed by atoms with Gasteiger partial charge in [0.2, 0.25) is 0 Å². The van der Waals surface area contributed by atoms with Crippen LogP contribution in [0, 0.1) is 0 Å². The van der Waals surface area contributed by atoms with Gasteiger partial charge in [0.25, 0.3) is 0 Å². The summed E-state index contributed by atoms with van der Waals surface area (Å²) in [5, 5.41) is 22.1. The number of thioether (sulfide) groups is 1. The first kappa shape index (κ1) is 13.8. The molecule has 0 aliphatic heterocycles. The molecule has 0 heterocycles. The highest BCUT2D eigenvalue weighted by Gasteiger charge is 2.01. The molecule has 0 saturated heterocycles. The van der Waals surface area contributed by atoms with Crippen molar-refractivity contribution in [2.45, 2.75) is 11.4 Å². The van der Waals surface area contributed by atoms with Crippen molar-refractivity contribution < 1.29 is 10.2 Å². The van der Waals surface area contributed by atoms with Gasteiger partial charge in [-0.15, -0.1) is 11.8 Å². The van der Waals surface area contributed by atoms with E-state index in [1.165, 1.54) is 11.0 Å². The van der Waals surface area contributed by atoms with Crippen LogP contribution in [-0.2, 0) is 6.54 Å². The first-order valence-corrected chi connectivity index (χ1v) is 7.13. The molecule has 19 heavy (non-hydrogen) atoms. The molecule has 0 unspecified atom stereocenters. The van der Waals surface area contributed by atoms with Gasteiger partial charge in [0.05, 0.1) is 0 Å². The predicted molar refractivity (Wildman–Crippen MR) is 78.6 cm³/mol. The van der Waals surface area contributed by atoms with Crippen LogP contribution in [0.2, 0.25) is 0 Å². The van der Waals surface area contributed by atoms with Crippen LogP contribution in [0.3, 0.4) is 0 Å². The molecule has 4 heteroatoms. The van der Waals surface area contributed by atoms with Gasteiger partial charge >= 0.3 is 0 Å². The van der Waals surface area contributed by atoms with Gasteiger partial charge in [-0.1, -0.05) is 24.3 Å². The third-order valence-electron chi connectivity index (χ3n) is 2.68. The van der Waals surface area contributed by atoms with Crippen molar-refractivity contribution >= 4 is 11.8 Å². The van der Waals surface area contributed by atoms with Gasteiger partial charge in [-0.2, -0.15) is 0 Å². The van der Waals surface area contributed by atoms with E-state index in [1.54, 1.807) is 23.9 Å². The van der Waals surface area contributed by atoms with Crippen LogP contribution < -0.4 is 5.32 Å². The molecule has 100 valence electrons. The maximum atomic E-state index is 9.62. The standard InChI is InChI=1S/C15H17NO2S/c17-13-7-6-12(15(18)10-13)11-16-8-9-19-14-4-2-1-3-5-14/h1-7,10,16-18H,8-9,11H2. The second-order valence-corrected chi connectivity index (χ2v) is 5.32. The van der Waals surface area contributed by atoms with Crippen LogP contribution in [0.1, 0.15) is 5.56 Å². The van der Waals surface area contributed by atoms with E-state index in [2.05, 4.69) is 17.4 Å². The summed E-state index contributed by atoms with van der Waals surface area (Å²) in [7, 11) is 0. The van der Waals surface area contributed by atoms with Crippen molar-refractivity contribution in [1.82, 2.24) is 5.32 Å². The number of aromatic hydroxyl groups is 2. The summed E-state index contributed by atoms with van der Waals surface area (Å²) in [5.41, 5.74) is 0.794. The lowest BCUT2D eigenvalue weighted by atomic mass is 10.2. The third-order valence-corrected chi connectivity index (χ3v) is 3.69. The smallest absolute Gasteiger partial charge is 0.123 e. The summed E-state index contributed by atoms with van der Waals surface area (Å²) < 4.78 is 0. The Morgan fingerprint density at radius 1 is 1.00 bits per heavy atom. The zero-order valence-electron chi connectivity index (χ0n) is 10.5. The van der Waals surface area contributed by atoms with Crippen LogP contribution in [0.5, 0.6) is 11.5 Å². The molecule has 0 saturated carbocycles. The molecular formula is C15H17NO2S. The summed E-state index contributed by atoms with van der Waals surface area (Å²) in [6, 6.07) is 14.9. The SMILES string of the molecule is Oc1ccc(CNCCSc2ccccc2)c(O)c1. The lowest BCUT2D eigenvalue weighted by molar-refractivity contribution is 0.444. The lowest BCUT2D eigenvalue weighted by Gasteiger charge is -2.07. The highest BCUT2D eigenvalue weighted by atomic mass is 32.2. The van der Waals surface area contributed by atoms with E-state index in [0.717, 1.165) is 17.9 Å².